The van der Waals surface area contributed by atoms with E-state index in [1.54, 1.807) is 22.2 Å². The van der Waals surface area contributed by atoms with Gasteiger partial charge >= 0.3 is 0 Å². The lowest BCUT2D eigenvalue weighted by atomic mass is 10.5. The number of aliphatic hydroxyl groups is 1. The van der Waals surface area contributed by atoms with Crippen molar-refractivity contribution in [3.05, 3.63) is 28.0 Å². The molecule has 5 nitrogen and oxygen atoms in total. The first-order valence-electron chi connectivity index (χ1n) is 4.19. The maximum absolute atomic E-state index is 8.79. The maximum Gasteiger partial charge on any atom is 0.114 e. The van der Waals surface area contributed by atoms with E-state index in [0.29, 0.717) is 12.2 Å². The van der Waals surface area contributed by atoms with E-state index in [-0.39, 0.29) is 6.61 Å². The van der Waals surface area contributed by atoms with Gasteiger partial charge in [-0.1, -0.05) is 5.21 Å². The minimum absolute atomic E-state index is 0.0725. The summed E-state index contributed by atoms with van der Waals surface area (Å²) in [4.78, 5) is 4.31. The van der Waals surface area contributed by atoms with Gasteiger partial charge in [-0.2, -0.15) is 0 Å². The lowest BCUT2D eigenvalue weighted by Gasteiger charge is -1.93. The zero-order valence-electron chi connectivity index (χ0n) is 7.71. The Labute approximate surface area is 85.0 Å². The van der Waals surface area contributed by atoms with E-state index >= 15 is 0 Å². The molecule has 0 saturated heterocycles. The lowest BCUT2D eigenvalue weighted by Crippen LogP contribution is -1.99. The molecule has 1 N–H and O–H groups in total. The zero-order chi connectivity index (χ0) is 9.97. The summed E-state index contributed by atoms with van der Waals surface area (Å²) < 4.78 is 1.67. The minimum atomic E-state index is -0.0725. The average molecular weight is 210 g/mol. The second-order valence-corrected chi connectivity index (χ2v) is 3.89. The monoisotopic (exact) mass is 210 g/mol. The van der Waals surface area contributed by atoms with Crippen LogP contribution in [0.1, 0.15) is 16.4 Å². The molecular formula is C8H10N4OS. The molecular weight excluding hydrogens is 200 g/mol. The highest BCUT2D eigenvalue weighted by Gasteiger charge is 2.02. The van der Waals surface area contributed by atoms with Gasteiger partial charge in [-0.25, -0.2) is 9.67 Å². The standard InChI is InChI=1S/C8H10N4OS/c1-6-5-14-8(9-6)3-12-2-7(4-13)10-11-12/h2,5,13H,3-4H2,1H3. The van der Waals surface area contributed by atoms with Crippen LogP contribution >= 0.6 is 11.3 Å². The van der Waals surface area contributed by atoms with Gasteiger partial charge in [0.15, 0.2) is 0 Å². The molecule has 14 heavy (non-hydrogen) atoms. The summed E-state index contributed by atoms with van der Waals surface area (Å²) in [7, 11) is 0. The van der Waals surface area contributed by atoms with Gasteiger partial charge in [0, 0.05) is 11.1 Å². The van der Waals surface area contributed by atoms with Crippen molar-refractivity contribution in [3.8, 4) is 0 Å². The summed E-state index contributed by atoms with van der Waals surface area (Å²) in [6.07, 6.45) is 1.72. The van der Waals surface area contributed by atoms with Crippen LogP contribution in [0.5, 0.6) is 0 Å². The molecule has 0 fully saturated rings. The normalized spacial score (nSPS) is 10.7. The molecule has 2 aromatic rings. The third kappa shape index (κ3) is 1.97. The van der Waals surface area contributed by atoms with E-state index in [4.69, 9.17) is 5.11 Å². The van der Waals surface area contributed by atoms with Crippen LogP contribution in [0, 0.1) is 6.92 Å². The van der Waals surface area contributed by atoms with Gasteiger partial charge in [-0.05, 0) is 6.92 Å². The molecule has 0 saturated carbocycles. The van der Waals surface area contributed by atoms with E-state index in [2.05, 4.69) is 15.3 Å². The number of thiazole rings is 1. The Bertz CT molecular complexity index is 422. The molecule has 6 heteroatoms. The van der Waals surface area contributed by atoms with Gasteiger partial charge in [0.2, 0.25) is 0 Å². The Balaban J connectivity index is 2.10. The number of aliphatic hydroxyl groups excluding tert-OH is 1. The first-order chi connectivity index (χ1) is 6.78. The van der Waals surface area contributed by atoms with Crippen molar-refractivity contribution in [2.75, 3.05) is 0 Å². The van der Waals surface area contributed by atoms with Crippen LogP contribution in [0.2, 0.25) is 0 Å². The molecule has 0 aliphatic rings. The largest absolute Gasteiger partial charge is 0.390 e. The van der Waals surface area contributed by atoms with Crippen molar-refractivity contribution in [1.29, 1.82) is 0 Å². The van der Waals surface area contributed by atoms with Crippen LogP contribution in [0.15, 0.2) is 11.6 Å². The highest BCUT2D eigenvalue weighted by Crippen LogP contribution is 2.09. The highest BCUT2D eigenvalue weighted by molar-refractivity contribution is 7.09. The van der Waals surface area contributed by atoms with Crippen LogP contribution in [0.4, 0.5) is 0 Å². The molecule has 0 aliphatic carbocycles. The Morgan fingerprint density at radius 3 is 3.00 bits per heavy atom. The molecule has 0 bridgehead atoms. The van der Waals surface area contributed by atoms with Crippen LogP contribution in [0.25, 0.3) is 0 Å². The van der Waals surface area contributed by atoms with Crippen LogP contribution in [-0.2, 0) is 13.2 Å². The number of hydrogen-bond donors (Lipinski definition) is 1. The SMILES string of the molecule is Cc1csc(Cn2cc(CO)nn2)n1. The zero-order valence-corrected chi connectivity index (χ0v) is 8.53. The Hall–Kier alpha value is -1.27. The summed E-state index contributed by atoms with van der Waals surface area (Å²) in [6.45, 7) is 2.50. The number of aryl methyl sites for hydroxylation is 1. The number of rotatable bonds is 3. The number of nitrogens with zero attached hydrogens (tertiary/aromatic N) is 4. The van der Waals surface area contributed by atoms with Gasteiger partial charge < -0.3 is 5.11 Å². The quantitative estimate of drug-likeness (QED) is 0.805. The van der Waals surface area contributed by atoms with E-state index in [0.717, 1.165) is 10.7 Å². The fourth-order valence-electron chi connectivity index (χ4n) is 1.10. The molecule has 0 aliphatic heterocycles. The van der Waals surface area contributed by atoms with Crippen molar-refractivity contribution in [1.82, 2.24) is 20.0 Å². The molecule has 2 heterocycles. The molecule has 2 rings (SSSR count). The van der Waals surface area contributed by atoms with Crippen LogP contribution in [0.3, 0.4) is 0 Å². The molecule has 0 unspecified atom stereocenters. The van der Waals surface area contributed by atoms with E-state index in [1.807, 2.05) is 12.3 Å². The number of aromatic nitrogens is 4. The fourth-order valence-corrected chi connectivity index (χ4v) is 1.86. The first kappa shape index (κ1) is 9.29. The third-order valence-electron chi connectivity index (χ3n) is 1.71. The predicted octanol–water partition coefficient (Wildman–Crippen LogP) is 0.584. The van der Waals surface area contributed by atoms with Crippen molar-refractivity contribution < 1.29 is 5.11 Å². The Morgan fingerprint density at radius 1 is 1.57 bits per heavy atom. The highest BCUT2D eigenvalue weighted by atomic mass is 32.1. The van der Waals surface area contributed by atoms with Crippen molar-refractivity contribution in [2.24, 2.45) is 0 Å². The van der Waals surface area contributed by atoms with E-state index < -0.39 is 0 Å². The van der Waals surface area contributed by atoms with Gasteiger partial charge in [0.05, 0.1) is 19.3 Å². The van der Waals surface area contributed by atoms with Crippen LogP contribution in [-0.4, -0.2) is 25.1 Å². The van der Waals surface area contributed by atoms with Gasteiger partial charge in [-0.3, -0.25) is 0 Å². The lowest BCUT2D eigenvalue weighted by molar-refractivity contribution is 0.276. The molecule has 2 aromatic heterocycles. The summed E-state index contributed by atoms with van der Waals surface area (Å²) in [5, 5.41) is 19.4. The molecule has 0 radical (unpaired) electrons. The summed E-state index contributed by atoms with van der Waals surface area (Å²) in [5.41, 5.74) is 1.60. The van der Waals surface area contributed by atoms with E-state index in [9.17, 15) is 0 Å². The Kier molecular flexibility index (Phi) is 2.55. The third-order valence-corrected chi connectivity index (χ3v) is 2.66. The smallest absolute Gasteiger partial charge is 0.114 e. The molecule has 74 valence electrons. The second kappa shape index (κ2) is 3.85. The van der Waals surface area contributed by atoms with Crippen LogP contribution < -0.4 is 0 Å². The minimum Gasteiger partial charge on any atom is -0.390 e. The topological polar surface area (TPSA) is 63.8 Å². The van der Waals surface area contributed by atoms with Gasteiger partial charge in [-0.15, -0.1) is 16.4 Å². The summed E-state index contributed by atoms with van der Waals surface area (Å²) >= 11 is 1.60. The molecule has 0 aromatic carbocycles. The Morgan fingerprint density at radius 2 is 2.43 bits per heavy atom. The fraction of sp³-hybridized carbons (Fsp3) is 0.375. The summed E-state index contributed by atoms with van der Waals surface area (Å²) in [5.74, 6) is 0. The maximum atomic E-state index is 8.79. The average Bonchev–Trinajstić information content (AvgIpc) is 2.76. The molecule has 0 amide bonds. The van der Waals surface area contributed by atoms with Crippen molar-refractivity contribution in [3.63, 3.8) is 0 Å². The van der Waals surface area contributed by atoms with Crippen molar-refractivity contribution in [2.45, 2.75) is 20.1 Å². The first-order valence-corrected chi connectivity index (χ1v) is 5.07. The second-order valence-electron chi connectivity index (χ2n) is 2.95. The molecule has 0 spiro atoms. The van der Waals surface area contributed by atoms with Crippen molar-refractivity contribution >= 4 is 11.3 Å². The number of hydrogen-bond acceptors (Lipinski definition) is 5. The van der Waals surface area contributed by atoms with Gasteiger partial charge in [0.1, 0.15) is 10.7 Å². The van der Waals surface area contributed by atoms with E-state index in [1.165, 1.54) is 0 Å². The van der Waals surface area contributed by atoms with Gasteiger partial charge in [0.25, 0.3) is 0 Å². The predicted molar refractivity (Wildman–Crippen MR) is 51.9 cm³/mol. The molecule has 0 atom stereocenters. The summed E-state index contributed by atoms with van der Waals surface area (Å²) in [6, 6.07) is 0.